The Labute approximate surface area is 155 Å². The molecule has 2 amide bonds. The Balaban J connectivity index is 1.91. The fourth-order valence-electron chi connectivity index (χ4n) is 3.01. The van der Waals surface area contributed by atoms with Crippen molar-refractivity contribution >= 4 is 11.8 Å². The summed E-state index contributed by atoms with van der Waals surface area (Å²) in [5.74, 6) is 0.881. The molecule has 0 radical (unpaired) electrons. The van der Waals surface area contributed by atoms with Gasteiger partial charge in [0, 0.05) is 26.2 Å². The van der Waals surface area contributed by atoms with E-state index in [1.54, 1.807) is 16.7 Å². The van der Waals surface area contributed by atoms with Gasteiger partial charge >= 0.3 is 0 Å². The standard InChI is InChI=1S/C20H27N3O3/c1-15(2)17-5-7-18(8-6-17)26-16(3)20(25)23-12-4-11-22(13-14-23)19(24)9-10-21/h5-8,15-16H,4,9,11-14H2,1-3H3. The molecule has 0 spiro atoms. The lowest BCUT2D eigenvalue weighted by molar-refractivity contribution is -0.138. The normalized spacial score (nSPS) is 16.0. The van der Waals surface area contributed by atoms with Crippen molar-refractivity contribution in [2.24, 2.45) is 0 Å². The first-order chi connectivity index (χ1) is 12.4. The first-order valence-corrected chi connectivity index (χ1v) is 9.12. The van der Waals surface area contributed by atoms with E-state index >= 15 is 0 Å². The molecule has 0 aliphatic carbocycles. The predicted octanol–water partition coefficient (Wildman–Crippen LogP) is 2.55. The molecule has 2 rings (SSSR count). The summed E-state index contributed by atoms with van der Waals surface area (Å²) in [6.07, 6.45) is 0.0136. The van der Waals surface area contributed by atoms with E-state index < -0.39 is 6.10 Å². The molecule has 1 aromatic carbocycles. The molecule has 1 aliphatic heterocycles. The van der Waals surface area contributed by atoms with Crippen molar-refractivity contribution in [1.82, 2.24) is 9.80 Å². The minimum Gasteiger partial charge on any atom is -0.481 e. The Morgan fingerprint density at radius 1 is 1.08 bits per heavy atom. The second kappa shape index (κ2) is 9.23. The quantitative estimate of drug-likeness (QED) is 0.812. The summed E-state index contributed by atoms with van der Waals surface area (Å²) in [7, 11) is 0. The average Bonchev–Trinajstić information content (AvgIpc) is 2.88. The molecule has 1 aliphatic rings. The van der Waals surface area contributed by atoms with Crippen LogP contribution in [0.1, 0.15) is 45.1 Å². The predicted molar refractivity (Wildman–Crippen MR) is 98.6 cm³/mol. The highest BCUT2D eigenvalue weighted by Gasteiger charge is 2.26. The van der Waals surface area contributed by atoms with Gasteiger partial charge in [-0.3, -0.25) is 9.59 Å². The molecule has 1 atom stereocenters. The van der Waals surface area contributed by atoms with Crippen molar-refractivity contribution in [3.63, 3.8) is 0 Å². The van der Waals surface area contributed by atoms with Crippen molar-refractivity contribution < 1.29 is 14.3 Å². The van der Waals surface area contributed by atoms with Gasteiger partial charge in [0.05, 0.1) is 6.07 Å². The molecule has 26 heavy (non-hydrogen) atoms. The number of hydrogen-bond donors (Lipinski definition) is 0. The zero-order valence-electron chi connectivity index (χ0n) is 15.8. The van der Waals surface area contributed by atoms with Crippen molar-refractivity contribution in [2.45, 2.75) is 45.6 Å². The molecule has 1 saturated heterocycles. The highest BCUT2D eigenvalue weighted by atomic mass is 16.5. The lowest BCUT2D eigenvalue weighted by atomic mass is 10.0. The molecule has 0 saturated carbocycles. The van der Waals surface area contributed by atoms with Gasteiger partial charge in [0.25, 0.3) is 5.91 Å². The topological polar surface area (TPSA) is 73.6 Å². The number of benzene rings is 1. The minimum atomic E-state index is -0.582. The number of nitrogens with zero attached hydrogens (tertiary/aromatic N) is 3. The van der Waals surface area contributed by atoms with Crippen LogP contribution in [0.2, 0.25) is 0 Å². The summed E-state index contributed by atoms with van der Waals surface area (Å²) in [5, 5.41) is 8.66. The number of carbonyl (C=O) groups excluding carboxylic acids is 2. The molecular formula is C20H27N3O3. The highest BCUT2D eigenvalue weighted by Crippen LogP contribution is 2.20. The van der Waals surface area contributed by atoms with E-state index in [1.807, 2.05) is 30.3 Å². The number of amides is 2. The maximum absolute atomic E-state index is 12.7. The molecule has 1 unspecified atom stereocenters. The summed E-state index contributed by atoms with van der Waals surface area (Å²) >= 11 is 0. The van der Waals surface area contributed by atoms with Gasteiger partial charge in [0.2, 0.25) is 5.91 Å². The minimum absolute atomic E-state index is 0.0764. The molecule has 1 aromatic rings. The van der Waals surface area contributed by atoms with Crippen LogP contribution < -0.4 is 4.74 Å². The number of hydrogen-bond acceptors (Lipinski definition) is 4. The zero-order chi connectivity index (χ0) is 19.1. The second-order valence-corrected chi connectivity index (χ2v) is 6.88. The van der Waals surface area contributed by atoms with Gasteiger partial charge in [-0.2, -0.15) is 5.26 Å². The third-order valence-corrected chi connectivity index (χ3v) is 4.60. The molecule has 0 bridgehead atoms. The molecule has 6 heteroatoms. The van der Waals surface area contributed by atoms with Crippen LogP contribution >= 0.6 is 0 Å². The summed E-state index contributed by atoms with van der Waals surface area (Å²) < 4.78 is 5.80. The highest BCUT2D eigenvalue weighted by molar-refractivity contribution is 5.81. The van der Waals surface area contributed by atoms with Crippen LogP contribution in [0, 0.1) is 11.3 Å². The zero-order valence-corrected chi connectivity index (χ0v) is 15.8. The fourth-order valence-corrected chi connectivity index (χ4v) is 3.01. The Morgan fingerprint density at radius 3 is 2.31 bits per heavy atom. The average molecular weight is 357 g/mol. The van der Waals surface area contributed by atoms with Gasteiger partial charge in [-0.05, 0) is 37.0 Å². The van der Waals surface area contributed by atoms with E-state index in [-0.39, 0.29) is 18.2 Å². The van der Waals surface area contributed by atoms with Crippen LogP contribution in [0.3, 0.4) is 0 Å². The van der Waals surface area contributed by atoms with Gasteiger partial charge in [-0.25, -0.2) is 0 Å². The molecule has 0 aromatic heterocycles. The Kier molecular flexibility index (Phi) is 7.02. The van der Waals surface area contributed by atoms with Crippen molar-refractivity contribution in [1.29, 1.82) is 5.26 Å². The molecule has 1 fully saturated rings. The van der Waals surface area contributed by atoms with Crippen LogP contribution in [0.15, 0.2) is 24.3 Å². The summed E-state index contributed by atoms with van der Waals surface area (Å²) in [5.41, 5.74) is 1.23. The van der Waals surface area contributed by atoms with E-state index in [1.165, 1.54) is 5.56 Å². The van der Waals surface area contributed by atoms with Gasteiger partial charge < -0.3 is 14.5 Å². The number of ether oxygens (including phenoxy) is 1. The van der Waals surface area contributed by atoms with Crippen LogP contribution in [0.4, 0.5) is 0 Å². The molecule has 6 nitrogen and oxygen atoms in total. The van der Waals surface area contributed by atoms with Crippen LogP contribution in [0.25, 0.3) is 0 Å². The van der Waals surface area contributed by atoms with Gasteiger partial charge in [0.15, 0.2) is 6.10 Å². The fraction of sp³-hybridized carbons (Fsp3) is 0.550. The molecule has 140 valence electrons. The first kappa shape index (κ1) is 19.8. The van der Waals surface area contributed by atoms with Crippen LogP contribution in [0.5, 0.6) is 5.75 Å². The molecular weight excluding hydrogens is 330 g/mol. The van der Waals surface area contributed by atoms with Gasteiger partial charge in [-0.1, -0.05) is 26.0 Å². The third kappa shape index (κ3) is 5.22. The number of nitriles is 1. The first-order valence-electron chi connectivity index (χ1n) is 9.12. The van der Waals surface area contributed by atoms with Crippen molar-refractivity contribution in [3.05, 3.63) is 29.8 Å². The second-order valence-electron chi connectivity index (χ2n) is 6.88. The Bertz CT molecular complexity index is 664. The molecule has 1 heterocycles. The van der Waals surface area contributed by atoms with Crippen LogP contribution in [-0.2, 0) is 9.59 Å². The monoisotopic (exact) mass is 357 g/mol. The lowest BCUT2D eigenvalue weighted by Gasteiger charge is -2.25. The smallest absolute Gasteiger partial charge is 0.263 e. The largest absolute Gasteiger partial charge is 0.481 e. The van der Waals surface area contributed by atoms with Crippen molar-refractivity contribution in [3.8, 4) is 11.8 Å². The van der Waals surface area contributed by atoms with E-state index in [4.69, 9.17) is 10.00 Å². The van der Waals surface area contributed by atoms with Gasteiger partial charge in [-0.15, -0.1) is 0 Å². The summed E-state index contributed by atoms with van der Waals surface area (Å²) in [6.45, 7) is 8.11. The maximum Gasteiger partial charge on any atom is 0.263 e. The maximum atomic E-state index is 12.7. The van der Waals surface area contributed by atoms with Crippen molar-refractivity contribution in [2.75, 3.05) is 26.2 Å². The number of carbonyl (C=O) groups is 2. The SMILES string of the molecule is CC(Oc1ccc(C(C)C)cc1)C(=O)N1CCCN(C(=O)CC#N)CC1. The third-order valence-electron chi connectivity index (χ3n) is 4.60. The Morgan fingerprint density at radius 2 is 1.69 bits per heavy atom. The van der Waals surface area contributed by atoms with E-state index in [0.717, 1.165) is 0 Å². The lowest BCUT2D eigenvalue weighted by Crippen LogP contribution is -2.43. The summed E-state index contributed by atoms with van der Waals surface area (Å²) in [6, 6.07) is 9.70. The van der Waals surface area contributed by atoms with E-state index in [9.17, 15) is 9.59 Å². The van der Waals surface area contributed by atoms with Crippen LogP contribution in [-0.4, -0.2) is 53.9 Å². The summed E-state index contributed by atoms with van der Waals surface area (Å²) in [4.78, 5) is 27.9. The van der Waals surface area contributed by atoms with E-state index in [2.05, 4.69) is 13.8 Å². The molecule has 0 N–H and O–H groups in total. The number of rotatable bonds is 5. The van der Waals surface area contributed by atoms with E-state index in [0.29, 0.717) is 44.3 Å². The van der Waals surface area contributed by atoms with Gasteiger partial charge in [0.1, 0.15) is 12.2 Å². The Hall–Kier alpha value is -2.55.